The molecule has 1 heterocycles. The first-order valence-corrected chi connectivity index (χ1v) is 9.38. The molecule has 1 aliphatic rings. The van der Waals surface area contributed by atoms with E-state index in [4.69, 9.17) is 0 Å². The van der Waals surface area contributed by atoms with Gasteiger partial charge >= 0.3 is 0 Å². The Labute approximate surface area is 129 Å². The van der Waals surface area contributed by atoms with E-state index < -0.39 is 0 Å². The van der Waals surface area contributed by atoms with E-state index in [0.29, 0.717) is 6.04 Å². The third-order valence-electron chi connectivity index (χ3n) is 4.82. The van der Waals surface area contributed by atoms with Crippen molar-refractivity contribution >= 4 is 11.3 Å². The van der Waals surface area contributed by atoms with Gasteiger partial charge in [-0.3, -0.25) is 0 Å². The molecule has 0 aliphatic heterocycles. The molecule has 0 radical (unpaired) electrons. The van der Waals surface area contributed by atoms with Crippen LogP contribution in [0.1, 0.15) is 80.2 Å². The van der Waals surface area contributed by atoms with E-state index in [9.17, 15) is 0 Å². The second-order valence-electron chi connectivity index (χ2n) is 6.30. The number of unbranched alkanes of at least 4 members (excludes halogenated alkanes) is 1. The smallest absolute Gasteiger partial charge is 0.0415 e. The molecule has 0 saturated heterocycles. The molecule has 1 aromatic heterocycles. The summed E-state index contributed by atoms with van der Waals surface area (Å²) in [5, 5.41) is 3.58. The quantitative estimate of drug-likeness (QED) is 0.668. The van der Waals surface area contributed by atoms with Crippen LogP contribution in [-0.4, -0.2) is 7.05 Å². The van der Waals surface area contributed by atoms with E-state index in [1.54, 1.807) is 15.3 Å². The van der Waals surface area contributed by atoms with Gasteiger partial charge in [0.2, 0.25) is 0 Å². The Hall–Kier alpha value is -0.340. The molecular formula is C18H31NS. The predicted octanol–water partition coefficient (Wildman–Crippen LogP) is 5.49. The zero-order chi connectivity index (χ0) is 14.4. The van der Waals surface area contributed by atoms with Gasteiger partial charge in [-0.15, -0.1) is 11.3 Å². The minimum Gasteiger partial charge on any atom is -0.312 e. The first-order chi connectivity index (χ1) is 9.78. The summed E-state index contributed by atoms with van der Waals surface area (Å²) in [6, 6.07) is 3.08. The summed E-state index contributed by atoms with van der Waals surface area (Å²) >= 11 is 2.08. The summed E-state index contributed by atoms with van der Waals surface area (Å²) in [5.74, 6) is 0.881. The van der Waals surface area contributed by atoms with Crippen molar-refractivity contribution in [1.82, 2.24) is 5.32 Å². The maximum absolute atomic E-state index is 3.58. The van der Waals surface area contributed by atoms with Gasteiger partial charge in [0.1, 0.15) is 0 Å². The molecule has 0 amide bonds. The Kier molecular flexibility index (Phi) is 6.57. The van der Waals surface area contributed by atoms with E-state index in [-0.39, 0.29) is 0 Å². The molecule has 0 aromatic carbocycles. The van der Waals surface area contributed by atoms with E-state index in [2.05, 4.69) is 43.6 Å². The number of nitrogens with one attached hydrogen (secondary N) is 1. The van der Waals surface area contributed by atoms with Crippen molar-refractivity contribution in [3.8, 4) is 0 Å². The van der Waals surface area contributed by atoms with Gasteiger partial charge in [-0.1, -0.05) is 39.5 Å². The lowest BCUT2D eigenvalue weighted by Gasteiger charge is -2.21. The van der Waals surface area contributed by atoms with Crippen LogP contribution >= 0.6 is 11.3 Å². The Bertz CT molecular complexity index is 373. The fourth-order valence-electron chi connectivity index (χ4n) is 3.38. The summed E-state index contributed by atoms with van der Waals surface area (Å²) in [7, 11) is 2.13. The Morgan fingerprint density at radius 3 is 2.70 bits per heavy atom. The molecule has 2 unspecified atom stereocenters. The van der Waals surface area contributed by atoms with E-state index in [1.165, 1.54) is 57.8 Å². The van der Waals surface area contributed by atoms with Crippen molar-refractivity contribution in [3.63, 3.8) is 0 Å². The second-order valence-corrected chi connectivity index (χ2v) is 7.47. The maximum atomic E-state index is 3.58. The second kappa shape index (κ2) is 8.19. The SMILES string of the molecule is CCCCC(CC)CC(NC)c1cc2c(s1)CCCC2. The number of hydrogen-bond acceptors (Lipinski definition) is 2. The fraction of sp³-hybridized carbons (Fsp3) is 0.778. The lowest BCUT2D eigenvalue weighted by molar-refractivity contribution is 0.367. The van der Waals surface area contributed by atoms with Crippen molar-refractivity contribution < 1.29 is 0 Å². The lowest BCUT2D eigenvalue weighted by atomic mass is 9.91. The molecule has 0 fully saturated rings. The van der Waals surface area contributed by atoms with Crippen LogP contribution in [0.2, 0.25) is 0 Å². The highest BCUT2D eigenvalue weighted by Gasteiger charge is 2.20. The number of fused-ring (bicyclic) bond motifs is 1. The zero-order valence-corrected chi connectivity index (χ0v) is 14.3. The zero-order valence-electron chi connectivity index (χ0n) is 13.5. The normalized spacial score (nSPS) is 17.8. The van der Waals surface area contributed by atoms with E-state index >= 15 is 0 Å². The van der Waals surface area contributed by atoms with Crippen LogP contribution < -0.4 is 5.32 Å². The summed E-state index contributed by atoms with van der Waals surface area (Å²) in [4.78, 5) is 3.27. The molecule has 2 rings (SSSR count). The molecule has 114 valence electrons. The number of rotatable bonds is 8. The molecule has 0 saturated carbocycles. The van der Waals surface area contributed by atoms with Crippen LogP contribution in [0.25, 0.3) is 0 Å². The molecule has 20 heavy (non-hydrogen) atoms. The van der Waals surface area contributed by atoms with Crippen LogP contribution in [0, 0.1) is 5.92 Å². The lowest BCUT2D eigenvalue weighted by Crippen LogP contribution is -2.19. The summed E-state index contributed by atoms with van der Waals surface area (Å²) in [6.07, 6.45) is 12.2. The first-order valence-electron chi connectivity index (χ1n) is 8.57. The molecule has 0 bridgehead atoms. The maximum Gasteiger partial charge on any atom is 0.0415 e. The molecule has 1 N–H and O–H groups in total. The predicted molar refractivity (Wildman–Crippen MR) is 90.7 cm³/mol. The molecule has 1 aromatic rings. The van der Waals surface area contributed by atoms with E-state index in [0.717, 1.165) is 5.92 Å². The monoisotopic (exact) mass is 293 g/mol. The van der Waals surface area contributed by atoms with Crippen molar-refractivity contribution in [2.45, 2.75) is 77.7 Å². The van der Waals surface area contributed by atoms with Crippen molar-refractivity contribution in [2.24, 2.45) is 5.92 Å². The highest BCUT2D eigenvalue weighted by Crippen LogP contribution is 2.36. The number of hydrogen-bond donors (Lipinski definition) is 1. The summed E-state index contributed by atoms with van der Waals surface area (Å²) in [5.41, 5.74) is 1.65. The number of thiophene rings is 1. The molecular weight excluding hydrogens is 262 g/mol. The van der Waals surface area contributed by atoms with Gasteiger partial charge < -0.3 is 5.32 Å². The number of aryl methyl sites for hydroxylation is 2. The fourth-order valence-corrected chi connectivity index (χ4v) is 4.76. The van der Waals surface area contributed by atoms with Gasteiger partial charge in [0.05, 0.1) is 0 Å². The van der Waals surface area contributed by atoms with Crippen molar-refractivity contribution in [3.05, 3.63) is 21.4 Å². The van der Waals surface area contributed by atoms with Gasteiger partial charge in [-0.25, -0.2) is 0 Å². The van der Waals surface area contributed by atoms with Gasteiger partial charge in [-0.2, -0.15) is 0 Å². The van der Waals surface area contributed by atoms with Crippen molar-refractivity contribution in [1.29, 1.82) is 0 Å². The minimum atomic E-state index is 0.576. The van der Waals surface area contributed by atoms with Gasteiger partial charge in [0, 0.05) is 15.8 Å². The van der Waals surface area contributed by atoms with Crippen LogP contribution in [0.4, 0.5) is 0 Å². The molecule has 1 nitrogen and oxygen atoms in total. The average Bonchev–Trinajstić information content (AvgIpc) is 2.91. The van der Waals surface area contributed by atoms with Crippen LogP contribution in [0.3, 0.4) is 0 Å². The molecule has 0 spiro atoms. The third kappa shape index (κ3) is 4.08. The molecule has 1 aliphatic carbocycles. The minimum absolute atomic E-state index is 0.576. The largest absolute Gasteiger partial charge is 0.312 e. The highest BCUT2D eigenvalue weighted by molar-refractivity contribution is 7.12. The summed E-state index contributed by atoms with van der Waals surface area (Å²) in [6.45, 7) is 4.65. The molecule has 2 heteroatoms. The van der Waals surface area contributed by atoms with Crippen molar-refractivity contribution in [2.75, 3.05) is 7.05 Å². The standard InChI is InChI=1S/C18H31NS/c1-4-6-9-14(5-2)12-16(19-3)18-13-15-10-7-8-11-17(15)20-18/h13-14,16,19H,4-12H2,1-3H3. The van der Waals surface area contributed by atoms with Crippen LogP contribution in [-0.2, 0) is 12.8 Å². The highest BCUT2D eigenvalue weighted by atomic mass is 32.1. The van der Waals surface area contributed by atoms with Crippen LogP contribution in [0.5, 0.6) is 0 Å². The van der Waals surface area contributed by atoms with Gasteiger partial charge in [-0.05, 0) is 56.7 Å². The average molecular weight is 294 g/mol. The molecule has 2 atom stereocenters. The van der Waals surface area contributed by atoms with Crippen LogP contribution in [0.15, 0.2) is 6.07 Å². The third-order valence-corrected chi connectivity index (χ3v) is 6.17. The van der Waals surface area contributed by atoms with E-state index in [1.807, 2.05) is 0 Å². The Morgan fingerprint density at radius 2 is 2.05 bits per heavy atom. The Balaban J connectivity index is 2.01. The van der Waals surface area contributed by atoms with Gasteiger partial charge in [0.25, 0.3) is 0 Å². The first kappa shape index (κ1) is 16.0. The Morgan fingerprint density at radius 1 is 1.25 bits per heavy atom. The topological polar surface area (TPSA) is 12.0 Å². The van der Waals surface area contributed by atoms with Gasteiger partial charge in [0.15, 0.2) is 0 Å². The summed E-state index contributed by atoms with van der Waals surface area (Å²) < 4.78 is 0.